The molecule has 0 bridgehead atoms. The molecule has 0 aliphatic carbocycles. The Bertz CT molecular complexity index is 951. The first-order valence-corrected chi connectivity index (χ1v) is 9.82. The van der Waals surface area contributed by atoms with Gasteiger partial charge in [0.2, 0.25) is 0 Å². The number of aromatic nitrogens is 2. The van der Waals surface area contributed by atoms with Crippen LogP contribution >= 0.6 is 0 Å². The van der Waals surface area contributed by atoms with Crippen LogP contribution in [0, 0.1) is 0 Å². The number of benzene rings is 2. The third kappa shape index (κ3) is 4.96. The molecule has 0 atom stereocenters. The van der Waals surface area contributed by atoms with Gasteiger partial charge in [0.05, 0.1) is 37.7 Å². The maximum atomic E-state index is 12.8. The molecule has 0 aliphatic rings. The normalized spacial score (nSPS) is 10.6. The van der Waals surface area contributed by atoms with E-state index in [0.29, 0.717) is 36.8 Å². The van der Waals surface area contributed by atoms with Crippen LogP contribution in [0.3, 0.4) is 0 Å². The van der Waals surface area contributed by atoms with Gasteiger partial charge in [-0.25, -0.2) is 0 Å². The van der Waals surface area contributed by atoms with Crippen molar-refractivity contribution in [2.75, 3.05) is 13.7 Å². The first-order chi connectivity index (χ1) is 14.2. The number of nitrogens with zero attached hydrogens (tertiary/aromatic N) is 2. The molecule has 6 nitrogen and oxygen atoms in total. The van der Waals surface area contributed by atoms with Crippen LogP contribution in [-0.2, 0) is 19.5 Å². The van der Waals surface area contributed by atoms with E-state index in [0.717, 1.165) is 23.2 Å². The summed E-state index contributed by atoms with van der Waals surface area (Å²) in [6.45, 7) is 5.57. The highest BCUT2D eigenvalue weighted by Crippen LogP contribution is 2.28. The molecular formula is C23H27N3O3. The molecule has 3 aromatic rings. The van der Waals surface area contributed by atoms with Gasteiger partial charge in [-0.1, -0.05) is 43.3 Å². The molecule has 1 aromatic heterocycles. The third-order valence-electron chi connectivity index (χ3n) is 4.68. The maximum Gasteiger partial charge on any atom is 0.255 e. The highest BCUT2D eigenvalue weighted by molar-refractivity contribution is 5.95. The van der Waals surface area contributed by atoms with Gasteiger partial charge in [0.1, 0.15) is 0 Å². The fourth-order valence-corrected chi connectivity index (χ4v) is 3.24. The van der Waals surface area contributed by atoms with E-state index >= 15 is 0 Å². The Balaban J connectivity index is 1.69. The van der Waals surface area contributed by atoms with Crippen molar-refractivity contribution < 1.29 is 14.3 Å². The van der Waals surface area contributed by atoms with Crippen LogP contribution in [0.5, 0.6) is 11.5 Å². The molecular weight excluding hydrogens is 366 g/mol. The number of methoxy groups -OCH3 is 1. The lowest BCUT2D eigenvalue weighted by molar-refractivity contribution is 0.0950. The first-order valence-electron chi connectivity index (χ1n) is 9.82. The standard InChI is InChI=1S/C23H27N3O3/c1-4-20-19(15-25-26(20)16-17-9-7-6-8-10-17)23(27)24-14-18-11-12-21(29-5-2)22(13-18)28-3/h6-13,15H,4-5,14,16H2,1-3H3,(H,24,27). The molecule has 29 heavy (non-hydrogen) atoms. The van der Waals surface area contributed by atoms with Crippen LogP contribution in [0.25, 0.3) is 0 Å². The van der Waals surface area contributed by atoms with E-state index in [1.54, 1.807) is 13.3 Å². The molecule has 0 fully saturated rings. The topological polar surface area (TPSA) is 65.4 Å². The Labute approximate surface area is 171 Å². The molecule has 6 heteroatoms. The Kier molecular flexibility index (Phi) is 6.89. The quantitative estimate of drug-likeness (QED) is 0.600. The first kappa shape index (κ1) is 20.5. The van der Waals surface area contributed by atoms with Crippen molar-refractivity contribution in [3.8, 4) is 11.5 Å². The van der Waals surface area contributed by atoms with Gasteiger partial charge >= 0.3 is 0 Å². The summed E-state index contributed by atoms with van der Waals surface area (Å²) in [5.74, 6) is 1.22. The highest BCUT2D eigenvalue weighted by Gasteiger charge is 2.16. The molecule has 3 rings (SSSR count). The Morgan fingerprint density at radius 1 is 1.07 bits per heavy atom. The van der Waals surface area contributed by atoms with Gasteiger partial charge in [-0.2, -0.15) is 5.10 Å². The molecule has 2 aromatic carbocycles. The largest absolute Gasteiger partial charge is 0.493 e. The van der Waals surface area contributed by atoms with Gasteiger partial charge < -0.3 is 14.8 Å². The molecule has 0 saturated carbocycles. The molecule has 1 N–H and O–H groups in total. The number of amides is 1. The summed E-state index contributed by atoms with van der Waals surface area (Å²) < 4.78 is 12.8. The minimum absolute atomic E-state index is 0.131. The zero-order valence-corrected chi connectivity index (χ0v) is 17.1. The zero-order valence-electron chi connectivity index (χ0n) is 17.1. The summed E-state index contributed by atoms with van der Waals surface area (Å²) in [4.78, 5) is 12.8. The van der Waals surface area contributed by atoms with Gasteiger partial charge in [-0.15, -0.1) is 0 Å². The second kappa shape index (κ2) is 9.78. The smallest absolute Gasteiger partial charge is 0.255 e. The Morgan fingerprint density at radius 2 is 1.86 bits per heavy atom. The van der Waals surface area contributed by atoms with Crippen LogP contribution in [-0.4, -0.2) is 29.4 Å². The van der Waals surface area contributed by atoms with E-state index < -0.39 is 0 Å². The van der Waals surface area contributed by atoms with Crippen molar-refractivity contribution in [1.29, 1.82) is 0 Å². The maximum absolute atomic E-state index is 12.8. The average molecular weight is 393 g/mol. The van der Waals surface area contributed by atoms with Crippen LogP contribution in [0.15, 0.2) is 54.7 Å². The van der Waals surface area contributed by atoms with E-state index in [4.69, 9.17) is 9.47 Å². The van der Waals surface area contributed by atoms with E-state index in [2.05, 4.69) is 22.5 Å². The monoisotopic (exact) mass is 393 g/mol. The summed E-state index contributed by atoms with van der Waals surface area (Å²) in [5, 5.41) is 7.42. The molecule has 152 valence electrons. The summed E-state index contributed by atoms with van der Waals surface area (Å²) >= 11 is 0. The number of rotatable bonds is 9. The summed E-state index contributed by atoms with van der Waals surface area (Å²) in [6, 6.07) is 15.8. The Hall–Kier alpha value is -3.28. The lowest BCUT2D eigenvalue weighted by atomic mass is 10.1. The molecule has 0 saturated heterocycles. The highest BCUT2D eigenvalue weighted by atomic mass is 16.5. The van der Waals surface area contributed by atoms with E-state index in [-0.39, 0.29) is 5.91 Å². The van der Waals surface area contributed by atoms with Crippen LogP contribution in [0.1, 0.15) is 41.0 Å². The van der Waals surface area contributed by atoms with Crippen molar-refractivity contribution in [3.05, 3.63) is 77.1 Å². The molecule has 0 aliphatic heterocycles. The fourth-order valence-electron chi connectivity index (χ4n) is 3.24. The fraction of sp³-hybridized carbons (Fsp3) is 0.304. The SMILES string of the molecule is CCOc1ccc(CNC(=O)c2cnn(Cc3ccccc3)c2CC)cc1OC. The number of hydrogen-bond donors (Lipinski definition) is 1. The summed E-state index contributed by atoms with van der Waals surface area (Å²) in [7, 11) is 1.61. The molecule has 1 heterocycles. The lowest BCUT2D eigenvalue weighted by Gasteiger charge is -2.12. The predicted molar refractivity (Wildman–Crippen MR) is 112 cm³/mol. The van der Waals surface area contributed by atoms with Crippen LogP contribution in [0.2, 0.25) is 0 Å². The van der Waals surface area contributed by atoms with Crippen molar-refractivity contribution in [3.63, 3.8) is 0 Å². The van der Waals surface area contributed by atoms with Gasteiger partial charge in [0.15, 0.2) is 11.5 Å². The zero-order chi connectivity index (χ0) is 20.6. The lowest BCUT2D eigenvalue weighted by Crippen LogP contribution is -2.24. The summed E-state index contributed by atoms with van der Waals surface area (Å²) in [5.41, 5.74) is 3.63. The second-order valence-electron chi connectivity index (χ2n) is 6.60. The molecule has 1 amide bonds. The molecule has 0 unspecified atom stereocenters. The number of nitrogens with one attached hydrogen (secondary N) is 1. The predicted octanol–water partition coefficient (Wildman–Crippen LogP) is 3.83. The van der Waals surface area contributed by atoms with E-state index in [1.165, 1.54) is 0 Å². The molecule has 0 spiro atoms. The molecule has 0 radical (unpaired) electrons. The minimum Gasteiger partial charge on any atom is -0.493 e. The third-order valence-corrected chi connectivity index (χ3v) is 4.68. The number of hydrogen-bond acceptors (Lipinski definition) is 4. The summed E-state index contributed by atoms with van der Waals surface area (Å²) in [6.07, 6.45) is 2.38. The van der Waals surface area contributed by atoms with Gasteiger partial charge in [0.25, 0.3) is 5.91 Å². The van der Waals surface area contributed by atoms with Crippen molar-refractivity contribution in [2.24, 2.45) is 0 Å². The Morgan fingerprint density at radius 3 is 2.55 bits per heavy atom. The van der Waals surface area contributed by atoms with Gasteiger partial charge in [0, 0.05) is 6.54 Å². The average Bonchev–Trinajstić information content (AvgIpc) is 3.16. The number of carbonyl (C=O) groups is 1. The van der Waals surface area contributed by atoms with Crippen LogP contribution in [0.4, 0.5) is 0 Å². The number of carbonyl (C=O) groups excluding carboxylic acids is 1. The van der Waals surface area contributed by atoms with Gasteiger partial charge in [-0.05, 0) is 36.6 Å². The van der Waals surface area contributed by atoms with Crippen molar-refractivity contribution in [2.45, 2.75) is 33.4 Å². The van der Waals surface area contributed by atoms with Crippen LogP contribution < -0.4 is 14.8 Å². The van der Waals surface area contributed by atoms with Crippen molar-refractivity contribution >= 4 is 5.91 Å². The van der Waals surface area contributed by atoms with Crippen molar-refractivity contribution in [1.82, 2.24) is 15.1 Å². The second-order valence-corrected chi connectivity index (χ2v) is 6.60. The van der Waals surface area contributed by atoms with E-state index in [1.807, 2.05) is 54.9 Å². The minimum atomic E-state index is -0.131. The van der Waals surface area contributed by atoms with Gasteiger partial charge in [-0.3, -0.25) is 9.48 Å². The van der Waals surface area contributed by atoms with E-state index in [9.17, 15) is 4.79 Å². The number of ether oxygens (including phenoxy) is 2.